The van der Waals surface area contributed by atoms with E-state index in [0.717, 1.165) is 16.8 Å². The van der Waals surface area contributed by atoms with Crippen LogP contribution in [0.15, 0.2) is 83.3 Å². The molecular weight excluding hydrogens is 444 g/mol. The molecule has 1 aromatic heterocycles. The summed E-state index contributed by atoms with van der Waals surface area (Å²) >= 11 is 0. The average molecular weight is 469 g/mol. The topological polar surface area (TPSA) is 97.6 Å². The number of benzene rings is 3. The van der Waals surface area contributed by atoms with Gasteiger partial charge < -0.3 is 19.4 Å². The number of ether oxygens (including phenoxy) is 1. The molecule has 3 aromatic carbocycles. The Morgan fingerprint density at radius 2 is 1.86 bits per heavy atom. The van der Waals surface area contributed by atoms with Crippen LogP contribution in [0.2, 0.25) is 0 Å². The number of amides is 2. The molecule has 35 heavy (non-hydrogen) atoms. The van der Waals surface area contributed by atoms with Crippen LogP contribution in [-0.2, 0) is 16.2 Å². The molecule has 0 spiro atoms. The highest BCUT2D eigenvalue weighted by molar-refractivity contribution is 6.03. The molecule has 1 aliphatic heterocycles. The van der Waals surface area contributed by atoms with Gasteiger partial charge in [-0.3, -0.25) is 9.59 Å². The summed E-state index contributed by atoms with van der Waals surface area (Å²) in [6, 6.07) is 24.3. The van der Waals surface area contributed by atoms with Crippen LogP contribution in [0.1, 0.15) is 17.9 Å². The minimum atomic E-state index is -0.428. The molecule has 0 bridgehead atoms. The van der Waals surface area contributed by atoms with E-state index in [9.17, 15) is 9.59 Å². The van der Waals surface area contributed by atoms with Gasteiger partial charge in [-0.15, -0.1) is 10.2 Å². The number of nitrogens with one attached hydrogen (secondary N) is 1. The summed E-state index contributed by atoms with van der Waals surface area (Å²) in [4.78, 5) is 27.0. The summed E-state index contributed by atoms with van der Waals surface area (Å²) in [7, 11) is 0. The molecule has 2 amide bonds. The van der Waals surface area contributed by atoms with Gasteiger partial charge in [-0.25, -0.2) is 0 Å². The maximum atomic E-state index is 12.9. The van der Waals surface area contributed by atoms with Crippen molar-refractivity contribution >= 4 is 23.2 Å². The quantitative estimate of drug-likeness (QED) is 0.425. The second-order valence-electron chi connectivity index (χ2n) is 8.41. The lowest BCUT2D eigenvalue weighted by Crippen LogP contribution is -2.28. The van der Waals surface area contributed by atoms with Crippen LogP contribution in [-0.4, -0.2) is 28.6 Å². The van der Waals surface area contributed by atoms with E-state index >= 15 is 0 Å². The van der Waals surface area contributed by atoms with Crippen molar-refractivity contribution in [2.75, 3.05) is 16.8 Å². The minimum Gasteiger partial charge on any atom is -0.484 e. The number of carbonyl (C=O) groups excluding carboxylic acids is 2. The Morgan fingerprint density at radius 3 is 2.66 bits per heavy atom. The smallest absolute Gasteiger partial charge is 0.254 e. The summed E-state index contributed by atoms with van der Waals surface area (Å²) in [6.45, 7) is 2.44. The number of aromatic nitrogens is 2. The van der Waals surface area contributed by atoms with Crippen LogP contribution in [0.5, 0.6) is 5.75 Å². The first kappa shape index (κ1) is 22.3. The third-order valence-corrected chi connectivity index (χ3v) is 5.79. The Labute approximate surface area is 202 Å². The lowest BCUT2D eigenvalue weighted by atomic mass is 10.1. The van der Waals surface area contributed by atoms with Gasteiger partial charge in [0.1, 0.15) is 5.75 Å². The van der Waals surface area contributed by atoms with E-state index in [1.54, 1.807) is 29.2 Å². The third kappa shape index (κ3) is 5.22. The highest BCUT2D eigenvalue weighted by Gasteiger charge is 2.35. The van der Waals surface area contributed by atoms with Gasteiger partial charge >= 0.3 is 0 Å². The highest BCUT2D eigenvalue weighted by atomic mass is 16.5. The van der Waals surface area contributed by atoms with Crippen LogP contribution in [0.4, 0.5) is 11.4 Å². The second-order valence-corrected chi connectivity index (χ2v) is 8.41. The maximum absolute atomic E-state index is 12.9. The maximum Gasteiger partial charge on any atom is 0.254 e. The molecule has 2 heterocycles. The molecule has 0 aliphatic carbocycles. The van der Waals surface area contributed by atoms with Crippen molar-refractivity contribution < 1.29 is 18.7 Å². The molecule has 8 nitrogen and oxygen atoms in total. The van der Waals surface area contributed by atoms with Crippen molar-refractivity contribution in [3.63, 3.8) is 0 Å². The average Bonchev–Trinajstić information content (AvgIpc) is 3.51. The summed E-state index contributed by atoms with van der Waals surface area (Å²) in [6.07, 6.45) is 0.177. The predicted octanol–water partition coefficient (Wildman–Crippen LogP) is 4.62. The molecule has 0 unspecified atom stereocenters. The molecule has 1 saturated heterocycles. The Morgan fingerprint density at radius 1 is 1.06 bits per heavy atom. The first-order valence-electron chi connectivity index (χ1n) is 11.3. The van der Waals surface area contributed by atoms with Gasteiger partial charge in [-0.2, -0.15) is 0 Å². The van der Waals surface area contributed by atoms with Gasteiger partial charge in [-0.05, 0) is 43.3 Å². The lowest BCUT2D eigenvalue weighted by Gasteiger charge is -2.17. The largest absolute Gasteiger partial charge is 0.484 e. The first-order chi connectivity index (χ1) is 17.0. The number of anilines is 2. The molecule has 1 aliphatic rings. The molecule has 5 rings (SSSR count). The Hall–Kier alpha value is -4.46. The van der Waals surface area contributed by atoms with Crippen molar-refractivity contribution in [2.24, 2.45) is 5.92 Å². The van der Waals surface area contributed by atoms with Crippen molar-refractivity contribution in [3.05, 3.63) is 90.3 Å². The predicted molar refractivity (Wildman–Crippen MR) is 131 cm³/mol. The molecular formula is C27H24N4O4. The van der Waals surface area contributed by atoms with Gasteiger partial charge in [0.25, 0.3) is 5.89 Å². The molecule has 0 saturated carbocycles. The number of hydrogen-bond donors (Lipinski definition) is 1. The van der Waals surface area contributed by atoms with E-state index in [-0.39, 0.29) is 24.8 Å². The van der Waals surface area contributed by atoms with Gasteiger partial charge in [0.2, 0.25) is 17.7 Å². The molecule has 1 fully saturated rings. The van der Waals surface area contributed by atoms with Crippen molar-refractivity contribution in [3.8, 4) is 17.2 Å². The second kappa shape index (κ2) is 9.80. The molecule has 8 heteroatoms. The SMILES string of the molecule is Cc1ccc(N2C[C@@H](C(=O)Nc3cccc(OCc4nnc(-c5ccccc5)o4)c3)CC2=O)cc1. The van der Waals surface area contributed by atoms with Gasteiger partial charge in [0.05, 0.1) is 5.92 Å². The standard InChI is InChI=1S/C27H24N4O4/c1-18-10-12-22(13-11-18)31-16-20(14-25(31)32)26(33)28-21-8-5-9-23(15-21)34-17-24-29-30-27(35-24)19-6-3-2-4-7-19/h2-13,15,20H,14,16-17H2,1H3,(H,28,33)/t20-/m0/s1. The third-order valence-electron chi connectivity index (χ3n) is 5.79. The Kier molecular flexibility index (Phi) is 6.26. The van der Waals surface area contributed by atoms with E-state index in [2.05, 4.69) is 15.5 Å². The fourth-order valence-electron chi connectivity index (χ4n) is 3.92. The summed E-state index contributed by atoms with van der Waals surface area (Å²) in [5.74, 6) is 0.638. The zero-order valence-corrected chi connectivity index (χ0v) is 19.2. The first-order valence-corrected chi connectivity index (χ1v) is 11.3. The van der Waals surface area contributed by atoms with Gasteiger partial charge in [0.15, 0.2) is 6.61 Å². The molecule has 1 N–H and O–H groups in total. The number of carbonyl (C=O) groups is 2. The summed E-state index contributed by atoms with van der Waals surface area (Å²) < 4.78 is 11.4. The van der Waals surface area contributed by atoms with Crippen molar-refractivity contribution in [1.82, 2.24) is 10.2 Å². The lowest BCUT2D eigenvalue weighted by molar-refractivity contribution is -0.122. The number of aryl methyl sites for hydroxylation is 1. The molecule has 176 valence electrons. The van der Waals surface area contributed by atoms with Gasteiger partial charge in [0, 0.05) is 36.0 Å². The number of nitrogens with zero attached hydrogens (tertiary/aromatic N) is 3. The van der Waals surface area contributed by atoms with Crippen LogP contribution in [0.25, 0.3) is 11.5 Å². The van der Waals surface area contributed by atoms with Crippen molar-refractivity contribution in [1.29, 1.82) is 0 Å². The van der Waals surface area contributed by atoms with Crippen LogP contribution in [0, 0.1) is 12.8 Å². The van der Waals surface area contributed by atoms with Crippen LogP contribution >= 0.6 is 0 Å². The van der Waals surface area contributed by atoms with Crippen molar-refractivity contribution in [2.45, 2.75) is 20.0 Å². The van der Waals surface area contributed by atoms with E-state index in [1.807, 2.05) is 61.5 Å². The summed E-state index contributed by atoms with van der Waals surface area (Å²) in [5.41, 5.74) is 3.35. The van der Waals surface area contributed by atoms with E-state index in [1.165, 1.54) is 0 Å². The normalized spacial score (nSPS) is 15.3. The molecule has 0 radical (unpaired) electrons. The van der Waals surface area contributed by atoms with E-state index < -0.39 is 5.92 Å². The van der Waals surface area contributed by atoms with Gasteiger partial charge in [-0.1, -0.05) is 42.0 Å². The number of hydrogen-bond acceptors (Lipinski definition) is 6. The monoisotopic (exact) mass is 468 g/mol. The Bertz CT molecular complexity index is 1330. The zero-order chi connectivity index (χ0) is 24.2. The minimum absolute atomic E-state index is 0.0551. The van der Waals surface area contributed by atoms with Crippen LogP contribution in [0.3, 0.4) is 0 Å². The van der Waals surface area contributed by atoms with E-state index in [4.69, 9.17) is 9.15 Å². The number of rotatable bonds is 7. The molecule has 1 atom stereocenters. The van der Waals surface area contributed by atoms with Crippen LogP contribution < -0.4 is 15.0 Å². The fraction of sp³-hybridized carbons (Fsp3) is 0.185. The summed E-state index contributed by atoms with van der Waals surface area (Å²) in [5, 5.41) is 11.0. The fourth-order valence-corrected chi connectivity index (χ4v) is 3.92. The molecule has 4 aromatic rings. The highest BCUT2D eigenvalue weighted by Crippen LogP contribution is 2.27. The Balaban J connectivity index is 1.18. The zero-order valence-electron chi connectivity index (χ0n) is 19.2. The van der Waals surface area contributed by atoms with E-state index in [0.29, 0.717) is 29.8 Å².